The predicted octanol–water partition coefficient (Wildman–Crippen LogP) is -0.433. The van der Waals surface area contributed by atoms with E-state index in [2.05, 4.69) is 4.74 Å². The number of ether oxygens (including phenoxy) is 2. The summed E-state index contributed by atoms with van der Waals surface area (Å²) in [4.78, 5) is 10.7. The smallest absolute Gasteiger partial charge is 0.345 e. The number of hydrogen-bond acceptors (Lipinski definition) is 5. The van der Waals surface area contributed by atoms with Crippen molar-refractivity contribution in [1.29, 1.82) is 0 Å². The van der Waals surface area contributed by atoms with E-state index in [9.17, 15) is 4.79 Å². The van der Waals surface area contributed by atoms with E-state index in [-0.39, 0.29) is 0 Å². The maximum Gasteiger partial charge on any atom is 0.345 e. The highest BCUT2D eigenvalue weighted by Crippen LogP contribution is 2.24. The van der Waals surface area contributed by atoms with Gasteiger partial charge in [0.25, 0.3) is 0 Å². The number of aliphatic hydroxyl groups is 1. The van der Waals surface area contributed by atoms with Gasteiger partial charge in [-0.15, -0.1) is 11.8 Å². The molecular weight excluding hydrogens is 156 g/mol. The van der Waals surface area contributed by atoms with Gasteiger partial charge in [0, 0.05) is 5.75 Å². The van der Waals surface area contributed by atoms with Crippen LogP contribution in [0.3, 0.4) is 0 Å². The first-order chi connectivity index (χ1) is 4.74. The van der Waals surface area contributed by atoms with Gasteiger partial charge >= 0.3 is 5.97 Å². The minimum absolute atomic E-state index is 0.430. The van der Waals surface area contributed by atoms with Crippen molar-refractivity contribution in [2.45, 2.75) is 11.7 Å². The first-order valence-corrected chi connectivity index (χ1v) is 3.82. The van der Waals surface area contributed by atoms with Crippen LogP contribution in [-0.4, -0.2) is 35.7 Å². The van der Waals surface area contributed by atoms with E-state index in [0.29, 0.717) is 5.75 Å². The van der Waals surface area contributed by atoms with Crippen molar-refractivity contribution in [3.8, 4) is 0 Å². The third-order valence-electron chi connectivity index (χ3n) is 1.06. The Labute approximate surface area is 62.5 Å². The Morgan fingerprint density at radius 3 is 3.00 bits per heavy atom. The minimum atomic E-state index is -0.825. The molecule has 0 aromatic heterocycles. The molecule has 0 aromatic rings. The number of carbonyl (C=O) groups is 1. The fourth-order valence-electron chi connectivity index (χ4n) is 0.611. The first-order valence-electron chi connectivity index (χ1n) is 2.77. The summed E-state index contributed by atoms with van der Waals surface area (Å²) in [7, 11) is 1.29. The molecule has 0 aliphatic carbocycles. The van der Waals surface area contributed by atoms with Crippen LogP contribution in [0.4, 0.5) is 0 Å². The van der Waals surface area contributed by atoms with Crippen LogP contribution in [0.15, 0.2) is 0 Å². The van der Waals surface area contributed by atoms with E-state index in [1.54, 1.807) is 0 Å². The predicted molar refractivity (Wildman–Crippen MR) is 35.4 cm³/mol. The van der Waals surface area contributed by atoms with Gasteiger partial charge in [0.1, 0.15) is 0 Å². The number of esters is 1. The Morgan fingerprint density at radius 2 is 2.60 bits per heavy atom. The molecule has 0 bridgehead atoms. The number of rotatable bonds is 1. The molecule has 1 N–H and O–H groups in total. The lowest BCUT2D eigenvalue weighted by molar-refractivity contribution is -0.158. The molecule has 1 saturated heterocycles. The van der Waals surface area contributed by atoms with Crippen molar-refractivity contribution in [1.82, 2.24) is 0 Å². The highest BCUT2D eigenvalue weighted by Gasteiger charge is 2.30. The largest absolute Gasteiger partial charge is 0.466 e. The summed E-state index contributed by atoms with van der Waals surface area (Å²) in [6.07, 6.45) is -0.825. The van der Waals surface area contributed by atoms with Crippen molar-refractivity contribution in [3.63, 3.8) is 0 Å². The van der Waals surface area contributed by atoms with Crippen LogP contribution in [0, 0.1) is 0 Å². The van der Waals surface area contributed by atoms with E-state index in [4.69, 9.17) is 9.84 Å². The quantitative estimate of drug-likeness (QED) is 0.533. The highest BCUT2D eigenvalue weighted by atomic mass is 32.2. The topological polar surface area (TPSA) is 55.8 Å². The maximum absolute atomic E-state index is 10.7. The molecule has 4 nitrogen and oxygen atoms in total. The molecule has 58 valence electrons. The van der Waals surface area contributed by atoms with E-state index in [1.807, 2.05) is 0 Å². The van der Waals surface area contributed by atoms with Crippen LogP contribution in [-0.2, 0) is 14.3 Å². The molecule has 1 aliphatic heterocycles. The fraction of sp³-hybridized carbons (Fsp3) is 0.800. The van der Waals surface area contributed by atoms with Crippen molar-refractivity contribution in [2.24, 2.45) is 0 Å². The monoisotopic (exact) mass is 164 g/mol. The lowest BCUT2D eigenvalue weighted by atomic mass is 10.7. The summed E-state index contributed by atoms with van der Waals surface area (Å²) in [5, 5.41) is 8.79. The Balaban J connectivity index is 2.37. The second-order valence-electron chi connectivity index (χ2n) is 1.78. The van der Waals surface area contributed by atoms with Crippen LogP contribution in [0.1, 0.15) is 0 Å². The van der Waals surface area contributed by atoms with Crippen LogP contribution in [0.2, 0.25) is 0 Å². The van der Waals surface area contributed by atoms with E-state index >= 15 is 0 Å². The summed E-state index contributed by atoms with van der Waals surface area (Å²) in [6, 6.07) is 0. The van der Waals surface area contributed by atoms with Crippen molar-refractivity contribution in [3.05, 3.63) is 0 Å². The Morgan fingerprint density at radius 1 is 1.90 bits per heavy atom. The molecule has 1 heterocycles. The standard InChI is InChI=1S/C5H8O4S/c1-8-4(7)5-9-3(6)2-10-5/h3,5-6H,2H2,1H3/t3-,5-/m1/s1. The normalized spacial score (nSPS) is 32.2. The Hall–Kier alpha value is -0.260. The zero-order valence-electron chi connectivity index (χ0n) is 5.44. The maximum atomic E-state index is 10.7. The molecule has 0 spiro atoms. The Kier molecular flexibility index (Phi) is 2.53. The third kappa shape index (κ3) is 1.62. The molecule has 1 aliphatic rings. The average Bonchev–Trinajstić information content (AvgIpc) is 2.34. The molecule has 2 atom stereocenters. The summed E-state index contributed by atoms with van der Waals surface area (Å²) >= 11 is 1.24. The number of aliphatic hydroxyl groups excluding tert-OH is 1. The molecule has 0 unspecified atom stereocenters. The van der Waals surface area contributed by atoms with Crippen LogP contribution < -0.4 is 0 Å². The summed E-state index contributed by atoms with van der Waals surface area (Å²) in [5.74, 6) is -0.0127. The lowest BCUT2D eigenvalue weighted by Crippen LogP contribution is -2.20. The van der Waals surface area contributed by atoms with Crippen LogP contribution in [0.25, 0.3) is 0 Å². The second kappa shape index (κ2) is 3.23. The molecule has 0 saturated carbocycles. The minimum Gasteiger partial charge on any atom is -0.466 e. The number of methoxy groups -OCH3 is 1. The Bertz CT molecular complexity index is 138. The molecular formula is C5H8O4S. The number of hydrogen-bond donors (Lipinski definition) is 1. The number of thioether (sulfide) groups is 1. The number of carbonyl (C=O) groups excluding carboxylic acids is 1. The fourth-order valence-corrected chi connectivity index (χ4v) is 1.47. The average molecular weight is 164 g/mol. The van der Waals surface area contributed by atoms with Gasteiger partial charge in [-0.2, -0.15) is 0 Å². The van der Waals surface area contributed by atoms with Crippen molar-refractivity contribution >= 4 is 17.7 Å². The summed E-state index contributed by atoms with van der Waals surface area (Å²) in [6.45, 7) is 0. The van der Waals surface area contributed by atoms with E-state index in [0.717, 1.165) is 0 Å². The van der Waals surface area contributed by atoms with Gasteiger partial charge in [-0.05, 0) is 0 Å². The van der Waals surface area contributed by atoms with E-state index < -0.39 is 17.7 Å². The van der Waals surface area contributed by atoms with Gasteiger partial charge in [0.15, 0.2) is 6.29 Å². The SMILES string of the molecule is COC(=O)[C@@H]1O[C@@H](O)CS1. The van der Waals surface area contributed by atoms with E-state index in [1.165, 1.54) is 18.9 Å². The van der Waals surface area contributed by atoms with Gasteiger partial charge in [-0.25, -0.2) is 4.79 Å². The van der Waals surface area contributed by atoms with Gasteiger partial charge in [-0.1, -0.05) is 0 Å². The molecule has 5 heteroatoms. The zero-order valence-corrected chi connectivity index (χ0v) is 6.26. The van der Waals surface area contributed by atoms with Gasteiger partial charge in [-0.3, -0.25) is 0 Å². The molecule has 0 aromatic carbocycles. The van der Waals surface area contributed by atoms with Gasteiger partial charge < -0.3 is 14.6 Å². The molecule has 0 amide bonds. The van der Waals surface area contributed by atoms with Gasteiger partial charge in [0.2, 0.25) is 5.44 Å². The summed E-state index contributed by atoms with van der Waals surface area (Å²) in [5.41, 5.74) is -0.639. The van der Waals surface area contributed by atoms with Crippen LogP contribution in [0.5, 0.6) is 0 Å². The van der Waals surface area contributed by atoms with Crippen molar-refractivity contribution < 1.29 is 19.4 Å². The zero-order chi connectivity index (χ0) is 7.56. The van der Waals surface area contributed by atoms with Gasteiger partial charge in [0.05, 0.1) is 7.11 Å². The highest BCUT2D eigenvalue weighted by molar-refractivity contribution is 8.00. The molecule has 1 fully saturated rings. The second-order valence-corrected chi connectivity index (χ2v) is 2.87. The van der Waals surface area contributed by atoms with Crippen molar-refractivity contribution in [2.75, 3.05) is 12.9 Å². The summed E-state index contributed by atoms with van der Waals surface area (Å²) < 4.78 is 9.14. The molecule has 1 rings (SSSR count). The van der Waals surface area contributed by atoms with Crippen LogP contribution >= 0.6 is 11.8 Å². The third-order valence-corrected chi connectivity index (χ3v) is 2.15. The lowest BCUT2D eigenvalue weighted by Gasteiger charge is -2.05. The first kappa shape index (κ1) is 7.84. The molecule has 10 heavy (non-hydrogen) atoms. The molecule has 0 radical (unpaired) electrons.